The van der Waals surface area contributed by atoms with Crippen LogP contribution in [0.2, 0.25) is 0 Å². The molecule has 1 fully saturated rings. The van der Waals surface area contributed by atoms with Crippen LogP contribution in [0.5, 0.6) is 0 Å². The van der Waals surface area contributed by atoms with Gasteiger partial charge in [0.1, 0.15) is 0 Å². The van der Waals surface area contributed by atoms with Gasteiger partial charge in [0.25, 0.3) is 0 Å². The SMILES string of the molecule is C=C1CCCC(c2ccccc2)CN1.CC.CC. The monoisotopic (exact) mass is 247 g/mol. The molecule has 0 amide bonds. The number of allylic oxidation sites excluding steroid dienone is 1. The molecule has 0 aromatic heterocycles. The van der Waals surface area contributed by atoms with E-state index in [2.05, 4.69) is 42.2 Å². The molecule has 1 aromatic rings. The normalized spacial score (nSPS) is 18.2. The Bertz CT molecular complexity index is 303. The predicted octanol–water partition coefficient (Wildman–Crippen LogP) is 5.11. The van der Waals surface area contributed by atoms with Crippen molar-refractivity contribution in [2.45, 2.75) is 52.9 Å². The molecule has 102 valence electrons. The summed E-state index contributed by atoms with van der Waals surface area (Å²) in [5.74, 6) is 0.662. The van der Waals surface area contributed by atoms with E-state index < -0.39 is 0 Å². The fraction of sp³-hybridized carbons (Fsp3) is 0.529. The summed E-state index contributed by atoms with van der Waals surface area (Å²) in [6.45, 7) is 13.0. The van der Waals surface area contributed by atoms with Crippen molar-refractivity contribution in [3.63, 3.8) is 0 Å². The van der Waals surface area contributed by atoms with Gasteiger partial charge in [-0.15, -0.1) is 0 Å². The molecular weight excluding hydrogens is 218 g/mol. The largest absolute Gasteiger partial charge is 0.388 e. The number of nitrogens with one attached hydrogen (secondary N) is 1. The Morgan fingerprint density at radius 2 is 1.67 bits per heavy atom. The average molecular weight is 247 g/mol. The van der Waals surface area contributed by atoms with Crippen LogP contribution in [0.4, 0.5) is 0 Å². The molecule has 1 saturated heterocycles. The van der Waals surface area contributed by atoms with Crippen molar-refractivity contribution in [1.29, 1.82) is 0 Å². The number of rotatable bonds is 1. The summed E-state index contributed by atoms with van der Waals surface area (Å²) >= 11 is 0. The number of hydrogen-bond acceptors (Lipinski definition) is 1. The lowest BCUT2D eigenvalue weighted by atomic mass is 9.95. The van der Waals surface area contributed by atoms with Gasteiger partial charge in [-0.25, -0.2) is 0 Å². The van der Waals surface area contributed by atoms with Gasteiger partial charge in [0.05, 0.1) is 0 Å². The molecule has 1 unspecified atom stereocenters. The highest BCUT2D eigenvalue weighted by atomic mass is 14.9. The van der Waals surface area contributed by atoms with Gasteiger partial charge in [0, 0.05) is 18.2 Å². The molecule has 1 N–H and O–H groups in total. The van der Waals surface area contributed by atoms with Crippen molar-refractivity contribution >= 4 is 0 Å². The van der Waals surface area contributed by atoms with Crippen LogP contribution in [0.1, 0.15) is 58.4 Å². The Morgan fingerprint density at radius 3 is 2.28 bits per heavy atom. The molecule has 0 spiro atoms. The fourth-order valence-electron chi connectivity index (χ4n) is 2.03. The second kappa shape index (κ2) is 10.9. The summed E-state index contributed by atoms with van der Waals surface area (Å²) in [5, 5.41) is 3.40. The third-order valence-corrected chi connectivity index (χ3v) is 2.90. The maximum Gasteiger partial charge on any atom is 0.0212 e. The Balaban J connectivity index is 0.000000659. The van der Waals surface area contributed by atoms with Gasteiger partial charge in [-0.05, 0) is 24.8 Å². The van der Waals surface area contributed by atoms with E-state index >= 15 is 0 Å². The smallest absolute Gasteiger partial charge is 0.0212 e. The zero-order valence-corrected chi connectivity index (χ0v) is 12.5. The van der Waals surface area contributed by atoms with E-state index in [4.69, 9.17) is 0 Å². The van der Waals surface area contributed by atoms with Gasteiger partial charge in [0.2, 0.25) is 0 Å². The van der Waals surface area contributed by atoms with Crippen LogP contribution >= 0.6 is 0 Å². The second-order valence-electron chi connectivity index (χ2n) is 3.98. The summed E-state index contributed by atoms with van der Waals surface area (Å²) in [5.41, 5.74) is 2.65. The van der Waals surface area contributed by atoms with E-state index in [0.717, 1.165) is 13.0 Å². The third-order valence-electron chi connectivity index (χ3n) is 2.90. The van der Waals surface area contributed by atoms with Crippen molar-refractivity contribution in [2.75, 3.05) is 6.54 Å². The minimum atomic E-state index is 0.662. The standard InChI is InChI=1S/C13H17N.2C2H6/c1-11-6-5-9-13(10-14-11)12-7-3-2-4-8-12;2*1-2/h2-4,7-8,13-14H,1,5-6,9-10H2;2*1-2H3. The maximum atomic E-state index is 3.99. The van der Waals surface area contributed by atoms with E-state index in [0.29, 0.717) is 5.92 Å². The minimum absolute atomic E-state index is 0.662. The highest BCUT2D eigenvalue weighted by molar-refractivity contribution is 5.20. The summed E-state index contributed by atoms with van der Waals surface area (Å²) in [7, 11) is 0. The quantitative estimate of drug-likeness (QED) is 0.727. The zero-order chi connectivity index (χ0) is 13.8. The van der Waals surface area contributed by atoms with Gasteiger partial charge in [-0.1, -0.05) is 64.6 Å². The molecule has 1 aliphatic rings. The molecule has 18 heavy (non-hydrogen) atoms. The van der Waals surface area contributed by atoms with Crippen molar-refractivity contribution in [2.24, 2.45) is 0 Å². The Labute approximate surface area is 113 Å². The van der Waals surface area contributed by atoms with E-state index in [-0.39, 0.29) is 0 Å². The van der Waals surface area contributed by atoms with Crippen molar-refractivity contribution in [3.8, 4) is 0 Å². The van der Waals surface area contributed by atoms with Crippen LogP contribution in [0.25, 0.3) is 0 Å². The third kappa shape index (κ3) is 5.90. The minimum Gasteiger partial charge on any atom is -0.388 e. The first kappa shape index (κ1) is 16.8. The number of hydrogen-bond donors (Lipinski definition) is 1. The van der Waals surface area contributed by atoms with Crippen LogP contribution in [0, 0.1) is 0 Å². The van der Waals surface area contributed by atoms with E-state index in [1.54, 1.807) is 0 Å². The Hall–Kier alpha value is -1.24. The lowest BCUT2D eigenvalue weighted by molar-refractivity contribution is 0.615. The first-order valence-electron chi connectivity index (χ1n) is 7.33. The maximum absolute atomic E-state index is 3.99. The van der Waals surface area contributed by atoms with E-state index in [1.807, 2.05) is 27.7 Å². The molecule has 1 aromatic carbocycles. The molecule has 0 saturated carbocycles. The van der Waals surface area contributed by atoms with Gasteiger partial charge in [0.15, 0.2) is 0 Å². The fourth-order valence-corrected chi connectivity index (χ4v) is 2.03. The van der Waals surface area contributed by atoms with Crippen molar-refractivity contribution in [1.82, 2.24) is 5.32 Å². The molecule has 2 rings (SSSR count). The summed E-state index contributed by atoms with van der Waals surface area (Å²) in [6.07, 6.45) is 3.66. The molecule has 1 nitrogen and oxygen atoms in total. The molecule has 1 heterocycles. The molecule has 0 bridgehead atoms. The lowest BCUT2D eigenvalue weighted by Crippen LogP contribution is -2.17. The Morgan fingerprint density at radius 1 is 1.06 bits per heavy atom. The first-order valence-corrected chi connectivity index (χ1v) is 7.33. The van der Waals surface area contributed by atoms with Crippen molar-refractivity contribution in [3.05, 3.63) is 48.2 Å². The van der Waals surface area contributed by atoms with E-state index in [1.165, 1.54) is 24.1 Å². The molecule has 1 heteroatoms. The second-order valence-corrected chi connectivity index (χ2v) is 3.98. The summed E-state index contributed by atoms with van der Waals surface area (Å²) in [4.78, 5) is 0. The number of benzene rings is 1. The Kier molecular flexibility index (Phi) is 10.1. The van der Waals surface area contributed by atoms with Gasteiger partial charge in [-0.3, -0.25) is 0 Å². The molecule has 1 aliphatic heterocycles. The average Bonchev–Trinajstić information content (AvgIpc) is 2.69. The van der Waals surface area contributed by atoms with Crippen molar-refractivity contribution < 1.29 is 0 Å². The van der Waals surface area contributed by atoms with Crippen LogP contribution in [-0.4, -0.2) is 6.54 Å². The van der Waals surface area contributed by atoms with Crippen LogP contribution in [-0.2, 0) is 0 Å². The van der Waals surface area contributed by atoms with Gasteiger partial charge >= 0.3 is 0 Å². The van der Waals surface area contributed by atoms with Gasteiger partial charge < -0.3 is 5.32 Å². The van der Waals surface area contributed by atoms with Crippen LogP contribution < -0.4 is 5.32 Å². The van der Waals surface area contributed by atoms with Crippen LogP contribution in [0.15, 0.2) is 42.6 Å². The molecule has 0 radical (unpaired) electrons. The molecule has 1 atom stereocenters. The zero-order valence-electron chi connectivity index (χ0n) is 12.5. The highest BCUT2D eigenvalue weighted by Gasteiger charge is 2.14. The predicted molar refractivity (Wildman–Crippen MR) is 82.9 cm³/mol. The lowest BCUT2D eigenvalue weighted by Gasteiger charge is -2.14. The topological polar surface area (TPSA) is 12.0 Å². The van der Waals surface area contributed by atoms with Gasteiger partial charge in [-0.2, -0.15) is 0 Å². The highest BCUT2D eigenvalue weighted by Crippen LogP contribution is 2.24. The first-order chi connectivity index (χ1) is 8.86. The summed E-state index contributed by atoms with van der Waals surface area (Å²) in [6, 6.07) is 10.8. The molecular formula is C17H29N. The summed E-state index contributed by atoms with van der Waals surface area (Å²) < 4.78 is 0. The van der Waals surface area contributed by atoms with Crippen LogP contribution in [0.3, 0.4) is 0 Å². The van der Waals surface area contributed by atoms with E-state index in [9.17, 15) is 0 Å². The molecule has 0 aliphatic carbocycles.